The van der Waals surface area contributed by atoms with Crippen molar-refractivity contribution in [2.75, 3.05) is 13.7 Å². The van der Waals surface area contributed by atoms with Crippen molar-refractivity contribution in [3.05, 3.63) is 30.1 Å². The number of ether oxygens (including phenoxy) is 1. The van der Waals surface area contributed by atoms with Gasteiger partial charge in [0.1, 0.15) is 0 Å². The SMILES string of the molecule is COC(=O)C(C)CNC(C)c1ccncc1. The fourth-order valence-electron chi connectivity index (χ4n) is 1.41. The topological polar surface area (TPSA) is 51.2 Å². The predicted octanol–water partition coefficient (Wildman–Crippen LogP) is 1.54. The minimum atomic E-state index is -0.186. The van der Waals surface area contributed by atoms with Gasteiger partial charge in [-0.15, -0.1) is 0 Å². The van der Waals surface area contributed by atoms with E-state index in [0.29, 0.717) is 6.54 Å². The van der Waals surface area contributed by atoms with E-state index < -0.39 is 0 Å². The van der Waals surface area contributed by atoms with E-state index >= 15 is 0 Å². The molecule has 0 spiro atoms. The summed E-state index contributed by atoms with van der Waals surface area (Å²) in [5.41, 5.74) is 1.16. The van der Waals surface area contributed by atoms with Crippen molar-refractivity contribution in [2.45, 2.75) is 19.9 Å². The van der Waals surface area contributed by atoms with E-state index in [1.54, 1.807) is 12.4 Å². The van der Waals surface area contributed by atoms with E-state index in [0.717, 1.165) is 5.56 Å². The second kappa shape index (κ2) is 6.23. The Morgan fingerprint density at radius 2 is 2.06 bits per heavy atom. The third kappa shape index (κ3) is 3.62. The summed E-state index contributed by atoms with van der Waals surface area (Å²) in [6.07, 6.45) is 3.52. The standard InChI is InChI=1S/C12H18N2O2/c1-9(12(15)16-3)8-14-10(2)11-4-6-13-7-5-11/h4-7,9-10,14H,8H2,1-3H3. The normalized spacial score (nSPS) is 14.2. The average Bonchev–Trinajstić information content (AvgIpc) is 2.35. The molecule has 4 heteroatoms. The van der Waals surface area contributed by atoms with Crippen LogP contribution in [0.15, 0.2) is 24.5 Å². The van der Waals surface area contributed by atoms with Crippen LogP contribution in [-0.2, 0) is 9.53 Å². The molecule has 2 atom stereocenters. The highest BCUT2D eigenvalue weighted by Crippen LogP contribution is 2.10. The maximum Gasteiger partial charge on any atom is 0.309 e. The lowest BCUT2D eigenvalue weighted by Crippen LogP contribution is -2.29. The number of carbonyl (C=O) groups excluding carboxylic acids is 1. The number of carbonyl (C=O) groups is 1. The molecule has 1 aromatic rings. The Kier molecular flexibility index (Phi) is 4.92. The highest BCUT2D eigenvalue weighted by Gasteiger charge is 2.14. The summed E-state index contributed by atoms with van der Waals surface area (Å²) in [7, 11) is 1.41. The number of hydrogen-bond acceptors (Lipinski definition) is 4. The molecule has 16 heavy (non-hydrogen) atoms. The molecule has 1 N–H and O–H groups in total. The minimum Gasteiger partial charge on any atom is -0.469 e. The molecular weight excluding hydrogens is 204 g/mol. The van der Waals surface area contributed by atoms with Crippen molar-refractivity contribution < 1.29 is 9.53 Å². The van der Waals surface area contributed by atoms with Gasteiger partial charge in [-0.05, 0) is 24.6 Å². The van der Waals surface area contributed by atoms with Crippen molar-refractivity contribution in [2.24, 2.45) is 5.92 Å². The maximum atomic E-state index is 11.2. The predicted molar refractivity (Wildman–Crippen MR) is 61.8 cm³/mol. The van der Waals surface area contributed by atoms with Gasteiger partial charge in [-0.25, -0.2) is 0 Å². The fraction of sp³-hybridized carbons (Fsp3) is 0.500. The van der Waals surface area contributed by atoms with E-state index in [1.807, 2.05) is 19.1 Å². The van der Waals surface area contributed by atoms with E-state index in [-0.39, 0.29) is 17.9 Å². The number of rotatable bonds is 5. The van der Waals surface area contributed by atoms with Gasteiger partial charge in [0.15, 0.2) is 0 Å². The molecule has 0 bridgehead atoms. The van der Waals surface area contributed by atoms with Crippen LogP contribution in [0.25, 0.3) is 0 Å². The van der Waals surface area contributed by atoms with Crippen molar-refractivity contribution >= 4 is 5.97 Å². The van der Waals surface area contributed by atoms with Crippen LogP contribution in [0, 0.1) is 5.92 Å². The van der Waals surface area contributed by atoms with Gasteiger partial charge in [0.2, 0.25) is 0 Å². The number of nitrogens with one attached hydrogen (secondary N) is 1. The number of esters is 1. The Bertz CT molecular complexity index is 327. The van der Waals surface area contributed by atoms with Crippen molar-refractivity contribution in [1.29, 1.82) is 0 Å². The van der Waals surface area contributed by atoms with Gasteiger partial charge in [-0.1, -0.05) is 6.92 Å². The Labute approximate surface area is 96.0 Å². The van der Waals surface area contributed by atoms with Gasteiger partial charge >= 0.3 is 5.97 Å². The molecule has 1 heterocycles. The first-order chi connectivity index (χ1) is 7.65. The quantitative estimate of drug-likeness (QED) is 0.768. The molecule has 0 saturated carbocycles. The molecule has 0 aliphatic carbocycles. The maximum absolute atomic E-state index is 11.2. The minimum absolute atomic E-state index is 0.130. The summed E-state index contributed by atoms with van der Waals surface area (Å²) < 4.78 is 4.66. The Balaban J connectivity index is 2.41. The lowest BCUT2D eigenvalue weighted by Gasteiger charge is -2.16. The monoisotopic (exact) mass is 222 g/mol. The van der Waals surface area contributed by atoms with Gasteiger partial charge in [0.05, 0.1) is 13.0 Å². The summed E-state index contributed by atoms with van der Waals surface area (Å²) in [5, 5.41) is 3.29. The summed E-state index contributed by atoms with van der Waals surface area (Å²) in [6.45, 7) is 4.51. The van der Waals surface area contributed by atoms with Crippen molar-refractivity contribution in [3.63, 3.8) is 0 Å². The van der Waals surface area contributed by atoms with Crippen LogP contribution in [0.2, 0.25) is 0 Å². The lowest BCUT2D eigenvalue weighted by atomic mass is 10.1. The Hall–Kier alpha value is -1.42. The van der Waals surface area contributed by atoms with Crippen LogP contribution >= 0.6 is 0 Å². The van der Waals surface area contributed by atoms with Crippen molar-refractivity contribution in [3.8, 4) is 0 Å². The third-order valence-corrected chi connectivity index (χ3v) is 2.54. The lowest BCUT2D eigenvalue weighted by molar-refractivity contribution is -0.144. The molecule has 1 rings (SSSR count). The largest absolute Gasteiger partial charge is 0.469 e. The van der Waals surface area contributed by atoms with Crippen LogP contribution in [0.1, 0.15) is 25.5 Å². The summed E-state index contributed by atoms with van der Waals surface area (Å²) in [6, 6.07) is 4.12. The fourth-order valence-corrected chi connectivity index (χ4v) is 1.41. The summed E-state index contributed by atoms with van der Waals surface area (Å²) in [4.78, 5) is 15.2. The Morgan fingerprint density at radius 1 is 1.44 bits per heavy atom. The molecular formula is C12H18N2O2. The smallest absolute Gasteiger partial charge is 0.309 e. The molecule has 4 nitrogen and oxygen atoms in total. The van der Waals surface area contributed by atoms with E-state index in [2.05, 4.69) is 22.0 Å². The first-order valence-electron chi connectivity index (χ1n) is 5.36. The summed E-state index contributed by atoms with van der Waals surface area (Å²) in [5.74, 6) is -0.316. The van der Waals surface area contributed by atoms with Gasteiger partial charge in [0, 0.05) is 25.0 Å². The average molecular weight is 222 g/mol. The molecule has 0 radical (unpaired) electrons. The number of hydrogen-bond donors (Lipinski definition) is 1. The van der Waals surface area contributed by atoms with E-state index in [4.69, 9.17) is 0 Å². The first-order valence-corrected chi connectivity index (χ1v) is 5.36. The molecule has 88 valence electrons. The van der Waals surface area contributed by atoms with Gasteiger partial charge < -0.3 is 10.1 Å². The molecule has 1 aromatic heterocycles. The number of nitrogens with zero attached hydrogens (tertiary/aromatic N) is 1. The second-order valence-corrected chi connectivity index (χ2v) is 3.83. The number of pyridine rings is 1. The molecule has 0 aliphatic rings. The molecule has 0 fully saturated rings. The van der Waals surface area contributed by atoms with Crippen LogP contribution in [-0.4, -0.2) is 24.6 Å². The number of aromatic nitrogens is 1. The molecule has 0 aliphatic heterocycles. The van der Waals surface area contributed by atoms with E-state index in [9.17, 15) is 4.79 Å². The van der Waals surface area contributed by atoms with Gasteiger partial charge in [-0.3, -0.25) is 9.78 Å². The number of methoxy groups -OCH3 is 1. The molecule has 0 aromatic carbocycles. The second-order valence-electron chi connectivity index (χ2n) is 3.83. The third-order valence-electron chi connectivity index (χ3n) is 2.54. The Morgan fingerprint density at radius 3 is 2.62 bits per heavy atom. The van der Waals surface area contributed by atoms with Crippen LogP contribution in [0.4, 0.5) is 0 Å². The molecule has 0 saturated heterocycles. The van der Waals surface area contributed by atoms with Crippen LogP contribution in [0.5, 0.6) is 0 Å². The highest BCUT2D eigenvalue weighted by molar-refractivity contribution is 5.72. The zero-order valence-electron chi connectivity index (χ0n) is 9.93. The van der Waals surface area contributed by atoms with Gasteiger partial charge in [0.25, 0.3) is 0 Å². The van der Waals surface area contributed by atoms with Crippen molar-refractivity contribution in [1.82, 2.24) is 10.3 Å². The van der Waals surface area contributed by atoms with Crippen LogP contribution in [0.3, 0.4) is 0 Å². The molecule has 0 amide bonds. The van der Waals surface area contributed by atoms with Gasteiger partial charge in [-0.2, -0.15) is 0 Å². The van der Waals surface area contributed by atoms with E-state index in [1.165, 1.54) is 7.11 Å². The summed E-state index contributed by atoms with van der Waals surface area (Å²) >= 11 is 0. The van der Waals surface area contributed by atoms with Crippen LogP contribution < -0.4 is 5.32 Å². The zero-order chi connectivity index (χ0) is 12.0. The molecule has 2 unspecified atom stereocenters. The first kappa shape index (κ1) is 12.6. The highest BCUT2D eigenvalue weighted by atomic mass is 16.5. The zero-order valence-corrected chi connectivity index (χ0v) is 9.93.